The Bertz CT molecular complexity index is 314. The highest BCUT2D eigenvalue weighted by Crippen LogP contribution is 2.23. The number of hydrogen-bond donors (Lipinski definition) is 0. The third-order valence-electron chi connectivity index (χ3n) is 3.59. The van der Waals surface area contributed by atoms with Crippen molar-refractivity contribution in [2.45, 2.75) is 81.5 Å². The third-order valence-corrected chi connectivity index (χ3v) is 4.47. The molecule has 0 bridgehead atoms. The maximum absolute atomic E-state index is 11.1. The molecule has 0 heterocycles. The van der Waals surface area contributed by atoms with Crippen LogP contribution in [0, 0.1) is 0 Å². The fourth-order valence-corrected chi connectivity index (χ4v) is 2.86. The van der Waals surface area contributed by atoms with Crippen LogP contribution in [0.1, 0.15) is 77.6 Å². The Labute approximate surface area is 149 Å². The summed E-state index contributed by atoms with van der Waals surface area (Å²) in [5, 5.41) is 0. The Hall–Kier alpha value is 0.00688. The van der Waals surface area contributed by atoms with Crippen molar-refractivity contribution in [2.24, 2.45) is 0 Å². The minimum absolute atomic E-state index is 0.272. The molecular weight excluding hydrogens is 335 g/mol. The number of carbonyl (C=O) groups excluding carboxylic acids is 1. The normalized spacial score (nSPS) is 11.6. The van der Waals surface area contributed by atoms with E-state index in [9.17, 15) is 4.79 Å². The second kappa shape index (κ2) is 13.4. The van der Waals surface area contributed by atoms with Crippen molar-refractivity contribution in [1.29, 1.82) is 0 Å². The highest BCUT2D eigenvalue weighted by atomic mass is 35.5. The molecule has 0 aliphatic carbocycles. The first-order valence-electron chi connectivity index (χ1n) is 8.53. The molecule has 0 saturated carbocycles. The van der Waals surface area contributed by atoms with E-state index in [4.69, 9.17) is 27.9 Å². The van der Waals surface area contributed by atoms with Crippen LogP contribution >= 0.6 is 23.2 Å². The van der Waals surface area contributed by atoms with E-state index in [1.807, 2.05) is 0 Å². The molecule has 0 unspecified atom stereocenters. The van der Waals surface area contributed by atoms with Crippen LogP contribution in [-0.4, -0.2) is 26.8 Å². The molecule has 0 rings (SSSR count). The zero-order chi connectivity index (χ0) is 16.8. The molecule has 0 N–H and O–H groups in total. The molecule has 0 amide bonds. The Morgan fingerprint density at radius 2 is 1.36 bits per heavy atom. The number of esters is 1. The van der Waals surface area contributed by atoms with E-state index < -0.39 is 3.96 Å². The second-order valence-corrected chi connectivity index (χ2v) is 11.1. The quantitative estimate of drug-likeness (QED) is 0.144. The molecule has 0 saturated heterocycles. The van der Waals surface area contributed by atoms with E-state index in [0.717, 1.165) is 35.9 Å². The Balaban J connectivity index is 3.15. The monoisotopic (exact) mass is 366 g/mol. The predicted molar refractivity (Wildman–Crippen MR) is 101 cm³/mol. The van der Waals surface area contributed by atoms with Gasteiger partial charge in [0.05, 0.1) is 10.6 Å². The lowest BCUT2D eigenvalue weighted by Gasteiger charge is -2.12. The van der Waals surface area contributed by atoms with Gasteiger partial charge in [0.25, 0.3) is 0 Å². The van der Waals surface area contributed by atoms with Gasteiger partial charge in [-0.15, -0.1) is 23.2 Å². The van der Waals surface area contributed by atoms with Crippen LogP contribution in [0.5, 0.6) is 0 Å². The first kappa shape index (κ1) is 22.0. The molecule has 0 fully saturated rings. The Morgan fingerprint density at radius 3 is 1.77 bits per heavy atom. The number of rotatable bonds is 14. The number of halogens is 2. The van der Waals surface area contributed by atoms with Gasteiger partial charge in [0.1, 0.15) is 0 Å². The first-order chi connectivity index (χ1) is 10.3. The van der Waals surface area contributed by atoms with Crippen LogP contribution in [0.4, 0.5) is 0 Å². The molecule has 5 heteroatoms. The highest BCUT2D eigenvalue weighted by Gasteiger charge is 2.14. The van der Waals surface area contributed by atoms with Gasteiger partial charge in [0.15, 0.2) is 0 Å². The van der Waals surface area contributed by atoms with Crippen LogP contribution < -0.4 is 0 Å². The van der Waals surface area contributed by atoms with E-state index in [1.165, 1.54) is 44.9 Å². The van der Waals surface area contributed by atoms with E-state index >= 15 is 0 Å². The summed E-state index contributed by atoms with van der Waals surface area (Å²) in [7, 11) is 0.846. The number of alkyl halides is 2. The van der Waals surface area contributed by atoms with Gasteiger partial charge in [0.2, 0.25) is 0 Å². The van der Waals surface area contributed by atoms with Crippen molar-refractivity contribution < 1.29 is 9.53 Å². The van der Waals surface area contributed by atoms with Crippen molar-refractivity contribution in [1.82, 2.24) is 0 Å². The van der Waals surface area contributed by atoms with Gasteiger partial charge < -0.3 is 4.74 Å². The van der Waals surface area contributed by atoms with Gasteiger partial charge in [-0.3, -0.25) is 0 Å². The molecule has 0 aromatic carbocycles. The van der Waals surface area contributed by atoms with Crippen LogP contribution in [0.25, 0.3) is 0 Å². The summed E-state index contributed by atoms with van der Waals surface area (Å²) in [5.41, 5.74) is 0.476. The average molecular weight is 367 g/mol. The molecule has 130 valence electrons. The lowest BCUT2D eigenvalue weighted by Crippen LogP contribution is -2.11. The average Bonchev–Trinajstić information content (AvgIpc) is 2.42. The molecule has 0 aliphatic heterocycles. The first-order valence-corrected chi connectivity index (χ1v) is 10.3. The molecule has 0 aromatic heterocycles. The molecular formula is C17H32Cl2O2Si. The molecule has 0 atom stereocenters. The SMILES string of the molecule is C=C(C)C(=O)OCCCCCCCCCCCCC([SiH3])(Cl)Cl. The lowest BCUT2D eigenvalue weighted by atomic mass is 10.1. The fourth-order valence-electron chi connectivity index (χ4n) is 2.24. The third kappa shape index (κ3) is 16.4. The smallest absolute Gasteiger partial charge is 0.333 e. The molecule has 0 aromatic rings. The summed E-state index contributed by atoms with van der Waals surface area (Å²) in [6, 6.07) is 0. The van der Waals surface area contributed by atoms with Crippen molar-refractivity contribution in [2.75, 3.05) is 6.61 Å². The zero-order valence-electron chi connectivity index (χ0n) is 14.3. The number of ether oxygens (including phenoxy) is 1. The van der Waals surface area contributed by atoms with Crippen LogP contribution in [-0.2, 0) is 9.53 Å². The minimum Gasteiger partial charge on any atom is -0.462 e. The van der Waals surface area contributed by atoms with Gasteiger partial charge in [-0.25, -0.2) is 4.79 Å². The number of hydrogen-bond acceptors (Lipinski definition) is 2. The zero-order valence-corrected chi connectivity index (χ0v) is 17.8. The molecule has 22 heavy (non-hydrogen) atoms. The van der Waals surface area contributed by atoms with E-state index in [2.05, 4.69) is 6.58 Å². The standard InChI is InChI=1S/C17H32Cl2O2Si/c1-15(2)16(20)21-14-12-10-8-6-4-3-5-7-9-11-13-17(18,19)22/h1,3-14H2,2,22H3. The van der Waals surface area contributed by atoms with Gasteiger partial charge >= 0.3 is 5.97 Å². The molecule has 0 spiro atoms. The van der Waals surface area contributed by atoms with Crippen molar-refractivity contribution in [3.05, 3.63) is 12.2 Å². The van der Waals surface area contributed by atoms with Gasteiger partial charge in [-0.1, -0.05) is 64.4 Å². The maximum Gasteiger partial charge on any atom is 0.333 e. The van der Waals surface area contributed by atoms with Gasteiger partial charge in [0, 0.05) is 15.8 Å². The van der Waals surface area contributed by atoms with Crippen LogP contribution in [0.3, 0.4) is 0 Å². The summed E-state index contributed by atoms with van der Waals surface area (Å²) in [6.45, 7) is 5.75. The van der Waals surface area contributed by atoms with Crippen molar-refractivity contribution in [3.8, 4) is 0 Å². The van der Waals surface area contributed by atoms with Gasteiger partial charge in [-0.2, -0.15) is 0 Å². The number of carbonyl (C=O) groups is 1. The second-order valence-electron chi connectivity index (χ2n) is 6.27. The molecule has 2 nitrogen and oxygen atoms in total. The summed E-state index contributed by atoms with van der Waals surface area (Å²) in [4.78, 5) is 11.1. The van der Waals surface area contributed by atoms with Crippen molar-refractivity contribution in [3.63, 3.8) is 0 Å². The molecule has 0 aliphatic rings. The summed E-state index contributed by atoms with van der Waals surface area (Å²) >= 11 is 12.0. The van der Waals surface area contributed by atoms with Gasteiger partial charge in [-0.05, 0) is 19.8 Å². The van der Waals surface area contributed by atoms with Crippen molar-refractivity contribution >= 4 is 39.4 Å². The number of unbranched alkanes of at least 4 members (excludes halogenated alkanes) is 9. The summed E-state index contributed by atoms with van der Waals surface area (Å²) in [6.07, 6.45) is 13.2. The van der Waals surface area contributed by atoms with E-state index in [-0.39, 0.29) is 5.97 Å². The Kier molecular flexibility index (Phi) is 13.5. The van der Waals surface area contributed by atoms with Crippen LogP contribution in [0.15, 0.2) is 12.2 Å². The molecule has 0 radical (unpaired) electrons. The largest absolute Gasteiger partial charge is 0.462 e. The fraction of sp³-hybridized carbons (Fsp3) is 0.824. The van der Waals surface area contributed by atoms with E-state index in [1.54, 1.807) is 6.92 Å². The highest BCUT2D eigenvalue weighted by molar-refractivity contribution is 6.65. The topological polar surface area (TPSA) is 26.3 Å². The summed E-state index contributed by atoms with van der Waals surface area (Å²) in [5.74, 6) is -0.272. The maximum atomic E-state index is 11.1. The lowest BCUT2D eigenvalue weighted by molar-refractivity contribution is -0.139. The minimum atomic E-state index is -0.418. The Morgan fingerprint density at radius 1 is 0.955 bits per heavy atom. The summed E-state index contributed by atoms with van der Waals surface area (Å²) < 4.78 is 4.64. The van der Waals surface area contributed by atoms with E-state index in [0.29, 0.717) is 12.2 Å². The predicted octanol–water partition coefficient (Wildman–Crippen LogP) is 4.89. The van der Waals surface area contributed by atoms with Crippen LogP contribution in [0.2, 0.25) is 0 Å².